The van der Waals surface area contributed by atoms with Gasteiger partial charge in [0.05, 0.1) is 13.2 Å². The van der Waals surface area contributed by atoms with E-state index in [0.29, 0.717) is 19.4 Å². The maximum atomic E-state index is 12.0. The summed E-state index contributed by atoms with van der Waals surface area (Å²) >= 11 is 0. The lowest BCUT2D eigenvalue weighted by Crippen LogP contribution is -2.36. The molecule has 0 aliphatic heterocycles. The fourth-order valence-electron chi connectivity index (χ4n) is 2.18. The van der Waals surface area contributed by atoms with E-state index in [0.717, 1.165) is 17.1 Å². The van der Waals surface area contributed by atoms with E-state index in [1.807, 2.05) is 61.5 Å². The molecule has 0 unspecified atom stereocenters. The van der Waals surface area contributed by atoms with E-state index < -0.39 is 0 Å². The number of nitrogens with one attached hydrogen (secondary N) is 1. The first-order valence-corrected chi connectivity index (χ1v) is 7.77. The van der Waals surface area contributed by atoms with Gasteiger partial charge in [-0.1, -0.05) is 30.3 Å². The minimum atomic E-state index is -0.0291. The average Bonchev–Trinajstić information content (AvgIpc) is 2.59. The van der Waals surface area contributed by atoms with Gasteiger partial charge in [-0.25, -0.2) is 0 Å². The van der Waals surface area contributed by atoms with Crippen molar-refractivity contribution in [2.45, 2.75) is 25.8 Å². The van der Waals surface area contributed by atoms with Crippen molar-refractivity contribution in [1.29, 1.82) is 0 Å². The molecule has 0 saturated carbocycles. The van der Waals surface area contributed by atoms with Crippen molar-refractivity contribution in [3.05, 3.63) is 60.2 Å². The minimum Gasteiger partial charge on any atom is -0.497 e. The Balaban J connectivity index is 1.69. The number of amides is 1. The van der Waals surface area contributed by atoms with E-state index in [2.05, 4.69) is 5.32 Å². The first-order valence-electron chi connectivity index (χ1n) is 7.77. The quantitative estimate of drug-likeness (QED) is 0.814. The largest absolute Gasteiger partial charge is 0.497 e. The molecule has 2 aromatic carbocycles. The molecule has 0 heterocycles. The molecule has 4 nitrogen and oxygen atoms in total. The molecule has 23 heavy (non-hydrogen) atoms. The third-order valence-corrected chi connectivity index (χ3v) is 3.45. The lowest BCUT2D eigenvalue weighted by atomic mass is 10.1. The van der Waals surface area contributed by atoms with Crippen molar-refractivity contribution < 1.29 is 14.3 Å². The van der Waals surface area contributed by atoms with Crippen LogP contribution in [0.25, 0.3) is 0 Å². The Morgan fingerprint density at radius 3 is 2.39 bits per heavy atom. The van der Waals surface area contributed by atoms with Crippen molar-refractivity contribution >= 4 is 5.91 Å². The molecule has 0 aliphatic carbocycles. The van der Waals surface area contributed by atoms with Gasteiger partial charge in [0.1, 0.15) is 18.1 Å². The molecule has 0 bridgehead atoms. The van der Waals surface area contributed by atoms with Gasteiger partial charge in [-0.05, 0) is 43.2 Å². The highest BCUT2D eigenvalue weighted by Gasteiger charge is 2.08. The van der Waals surface area contributed by atoms with Crippen LogP contribution < -0.4 is 14.8 Å². The lowest BCUT2D eigenvalue weighted by Gasteiger charge is -2.15. The topological polar surface area (TPSA) is 47.6 Å². The molecule has 4 heteroatoms. The Morgan fingerprint density at radius 1 is 1.04 bits per heavy atom. The summed E-state index contributed by atoms with van der Waals surface area (Å²) in [7, 11) is 1.64. The number of para-hydroxylation sites is 1. The van der Waals surface area contributed by atoms with Gasteiger partial charge in [0, 0.05) is 6.42 Å². The number of ether oxygens (including phenoxy) is 2. The summed E-state index contributed by atoms with van der Waals surface area (Å²) in [5, 5.41) is 2.95. The van der Waals surface area contributed by atoms with Crippen molar-refractivity contribution in [2.75, 3.05) is 13.7 Å². The van der Waals surface area contributed by atoms with Gasteiger partial charge in [0.15, 0.2) is 0 Å². The van der Waals surface area contributed by atoms with Gasteiger partial charge in [-0.15, -0.1) is 0 Å². The van der Waals surface area contributed by atoms with Gasteiger partial charge in [0.2, 0.25) is 5.91 Å². The lowest BCUT2D eigenvalue weighted by molar-refractivity contribution is -0.121. The van der Waals surface area contributed by atoms with Gasteiger partial charge in [0.25, 0.3) is 0 Å². The fraction of sp³-hybridized carbons (Fsp3) is 0.316. The zero-order chi connectivity index (χ0) is 16.5. The number of aryl methyl sites for hydroxylation is 1. The standard InChI is InChI=1S/C19H23NO3/c1-15(14-23-18-6-4-3-5-7-18)20-19(21)13-10-16-8-11-17(22-2)12-9-16/h3-9,11-12,15H,10,13-14H2,1-2H3,(H,20,21)/t15-/m1/s1. The Morgan fingerprint density at radius 2 is 1.74 bits per heavy atom. The molecule has 122 valence electrons. The number of hydrogen-bond acceptors (Lipinski definition) is 3. The summed E-state index contributed by atoms with van der Waals surface area (Å²) in [6.45, 7) is 2.40. The highest BCUT2D eigenvalue weighted by atomic mass is 16.5. The maximum absolute atomic E-state index is 12.0. The smallest absolute Gasteiger partial charge is 0.220 e. The van der Waals surface area contributed by atoms with Crippen LogP contribution in [0, 0.1) is 0 Å². The van der Waals surface area contributed by atoms with E-state index >= 15 is 0 Å². The molecule has 0 saturated heterocycles. The van der Waals surface area contributed by atoms with Crippen LogP contribution in [0.4, 0.5) is 0 Å². The third kappa shape index (κ3) is 6.02. The predicted molar refractivity (Wildman–Crippen MR) is 90.9 cm³/mol. The van der Waals surface area contributed by atoms with Crippen LogP contribution in [0.3, 0.4) is 0 Å². The van der Waals surface area contributed by atoms with Crippen LogP contribution in [-0.2, 0) is 11.2 Å². The Bertz CT molecular complexity index is 596. The van der Waals surface area contributed by atoms with Gasteiger partial charge in [-0.2, -0.15) is 0 Å². The normalized spacial score (nSPS) is 11.6. The summed E-state index contributed by atoms with van der Waals surface area (Å²) in [6, 6.07) is 17.3. The van der Waals surface area contributed by atoms with Crippen LogP contribution in [0.2, 0.25) is 0 Å². The number of methoxy groups -OCH3 is 1. The molecule has 1 amide bonds. The number of carbonyl (C=O) groups excluding carboxylic acids is 1. The molecule has 2 aromatic rings. The molecule has 1 atom stereocenters. The van der Waals surface area contributed by atoms with E-state index in [4.69, 9.17) is 9.47 Å². The van der Waals surface area contributed by atoms with Gasteiger partial charge < -0.3 is 14.8 Å². The zero-order valence-electron chi connectivity index (χ0n) is 13.6. The molecule has 0 radical (unpaired) electrons. The number of rotatable bonds is 8. The van der Waals surface area contributed by atoms with Crippen LogP contribution >= 0.6 is 0 Å². The second kappa shape index (κ2) is 8.83. The van der Waals surface area contributed by atoms with Crippen molar-refractivity contribution in [1.82, 2.24) is 5.32 Å². The number of hydrogen-bond donors (Lipinski definition) is 1. The minimum absolute atomic E-state index is 0.0291. The highest BCUT2D eigenvalue weighted by Crippen LogP contribution is 2.12. The SMILES string of the molecule is COc1ccc(CCC(=O)N[C@H](C)COc2ccccc2)cc1. The first kappa shape index (κ1) is 16.9. The summed E-state index contributed by atoms with van der Waals surface area (Å²) < 4.78 is 10.7. The van der Waals surface area contributed by atoms with Crippen molar-refractivity contribution in [2.24, 2.45) is 0 Å². The van der Waals surface area contributed by atoms with E-state index in [1.165, 1.54) is 0 Å². The van der Waals surface area contributed by atoms with Crippen molar-refractivity contribution in [3.8, 4) is 11.5 Å². The Hall–Kier alpha value is -2.49. The Kier molecular flexibility index (Phi) is 6.48. The summed E-state index contributed by atoms with van der Waals surface area (Å²) in [5.41, 5.74) is 1.12. The van der Waals surface area contributed by atoms with Gasteiger partial charge >= 0.3 is 0 Å². The van der Waals surface area contributed by atoms with Gasteiger partial charge in [-0.3, -0.25) is 4.79 Å². The van der Waals surface area contributed by atoms with Crippen LogP contribution in [0.15, 0.2) is 54.6 Å². The van der Waals surface area contributed by atoms with Crippen LogP contribution in [-0.4, -0.2) is 25.7 Å². The predicted octanol–water partition coefficient (Wildman–Crippen LogP) is 3.21. The summed E-state index contributed by atoms with van der Waals surface area (Å²) in [5.74, 6) is 1.67. The number of carbonyl (C=O) groups is 1. The molecular formula is C19H23NO3. The van der Waals surface area contributed by atoms with E-state index in [-0.39, 0.29) is 11.9 Å². The summed E-state index contributed by atoms with van der Waals surface area (Å²) in [4.78, 5) is 12.0. The van der Waals surface area contributed by atoms with Crippen LogP contribution in [0.5, 0.6) is 11.5 Å². The van der Waals surface area contributed by atoms with E-state index in [1.54, 1.807) is 7.11 Å². The average molecular weight is 313 g/mol. The number of benzene rings is 2. The van der Waals surface area contributed by atoms with Crippen LogP contribution in [0.1, 0.15) is 18.9 Å². The molecule has 0 fully saturated rings. The zero-order valence-corrected chi connectivity index (χ0v) is 13.6. The molecular weight excluding hydrogens is 290 g/mol. The Labute approximate surface area is 137 Å². The molecule has 1 N–H and O–H groups in total. The summed E-state index contributed by atoms with van der Waals surface area (Å²) in [6.07, 6.45) is 1.17. The monoisotopic (exact) mass is 313 g/mol. The fourth-order valence-corrected chi connectivity index (χ4v) is 2.18. The van der Waals surface area contributed by atoms with Crippen molar-refractivity contribution in [3.63, 3.8) is 0 Å². The molecule has 0 aromatic heterocycles. The second-order valence-corrected chi connectivity index (χ2v) is 5.44. The maximum Gasteiger partial charge on any atom is 0.220 e. The highest BCUT2D eigenvalue weighted by molar-refractivity contribution is 5.76. The third-order valence-electron chi connectivity index (χ3n) is 3.45. The molecule has 0 spiro atoms. The second-order valence-electron chi connectivity index (χ2n) is 5.44. The molecule has 0 aliphatic rings. The molecule has 2 rings (SSSR count). The van der Waals surface area contributed by atoms with E-state index in [9.17, 15) is 4.79 Å². The first-order chi connectivity index (χ1) is 11.2.